The maximum Gasteiger partial charge on any atom is 0.226 e. The molecule has 2 aliphatic rings. The molecule has 0 spiro atoms. The van der Waals surface area contributed by atoms with Gasteiger partial charge in [0.15, 0.2) is 0 Å². The number of benzene rings is 2. The number of amides is 1. The van der Waals surface area contributed by atoms with Gasteiger partial charge in [0.1, 0.15) is 11.6 Å². The van der Waals surface area contributed by atoms with Crippen molar-refractivity contribution in [3.63, 3.8) is 0 Å². The molecule has 1 saturated heterocycles. The van der Waals surface area contributed by atoms with Gasteiger partial charge in [0.05, 0.1) is 11.8 Å². The average molecular weight is 449 g/mol. The minimum atomic E-state index is -3.33. The third kappa shape index (κ3) is 4.80. The number of piperidine rings is 1. The maximum atomic E-state index is 14.4. The van der Waals surface area contributed by atoms with Crippen molar-refractivity contribution in [1.29, 1.82) is 0 Å². The SMILES string of the molecule is CS(=O)(=O)NC[C@@H]1CCCCN1C(=O)[C@@H]1C[C@H]1c1ccccc1-c1c(F)cccc1F. The summed E-state index contributed by atoms with van der Waals surface area (Å²) in [5.74, 6) is -1.62. The van der Waals surface area contributed by atoms with Crippen molar-refractivity contribution >= 4 is 15.9 Å². The summed E-state index contributed by atoms with van der Waals surface area (Å²) in [6.07, 6.45) is 4.31. The van der Waals surface area contributed by atoms with Gasteiger partial charge in [-0.3, -0.25) is 4.79 Å². The molecule has 0 aromatic heterocycles. The van der Waals surface area contributed by atoms with E-state index in [1.807, 2.05) is 12.1 Å². The van der Waals surface area contributed by atoms with Gasteiger partial charge in [-0.1, -0.05) is 30.3 Å². The van der Waals surface area contributed by atoms with Crippen LogP contribution >= 0.6 is 0 Å². The van der Waals surface area contributed by atoms with Crippen LogP contribution < -0.4 is 4.72 Å². The maximum absolute atomic E-state index is 14.4. The third-order valence-corrected chi connectivity index (χ3v) is 6.88. The first-order valence-corrected chi connectivity index (χ1v) is 12.4. The zero-order chi connectivity index (χ0) is 22.2. The monoisotopic (exact) mass is 448 g/mol. The fraction of sp³-hybridized carbons (Fsp3) is 0.435. The van der Waals surface area contributed by atoms with Crippen LogP contribution in [-0.4, -0.2) is 44.6 Å². The third-order valence-electron chi connectivity index (χ3n) is 6.19. The molecule has 1 aliphatic heterocycles. The van der Waals surface area contributed by atoms with E-state index >= 15 is 0 Å². The van der Waals surface area contributed by atoms with Gasteiger partial charge in [-0.2, -0.15) is 0 Å². The molecule has 8 heteroatoms. The second-order valence-electron chi connectivity index (χ2n) is 8.43. The minimum absolute atomic E-state index is 0.00573. The highest BCUT2D eigenvalue weighted by molar-refractivity contribution is 7.88. The van der Waals surface area contributed by atoms with Crippen molar-refractivity contribution in [1.82, 2.24) is 9.62 Å². The van der Waals surface area contributed by atoms with E-state index in [0.29, 0.717) is 18.5 Å². The molecule has 0 bridgehead atoms. The fourth-order valence-electron chi connectivity index (χ4n) is 4.58. The Labute approximate surface area is 181 Å². The van der Waals surface area contributed by atoms with Gasteiger partial charge in [0, 0.05) is 25.0 Å². The predicted molar refractivity (Wildman–Crippen MR) is 115 cm³/mol. The Morgan fingerprint density at radius 2 is 1.81 bits per heavy atom. The Morgan fingerprint density at radius 1 is 1.10 bits per heavy atom. The molecule has 1 amide bonds. The molecule has 2 fully saturated rings. The van der Waals surface area contributed by atoms with Crippen LogP contribution in [0.15, 0.2) is 42.5 Å². The number of halogens is 2. The molecule has 2 aromatic rings. The largest absolute Gasteiger partial charge is 0.338 e. The molecule has 1 heterocycles. The Balaban J connectivity index is 1.54. The van der Waals surface area contributed by atoms with Crippen molar-refractivity contribution in [3.05, 3.63) is 59.7 Å². The molecule has 5 nitrogen and oxygen atoms in total. The fourth-order valence-corrected chi connectivity index (χ4v) is 5.07. The number of sulfonamides is 1. The number of hydrogen-bond acceptors (Lipinski definition) is 3. The summed E-state index contributed by atoms with van der Waals surface area (Å²) >= 11 is 0. The van der Waals surface area contributed by atoms with Crippen LogP contribution in [0.4, 0.5) is 8.78 Å². The molecule has 4 rings (SSSR count). The smallest absolute Gasteiger partial charge is 0.226 e. The molecule has 1 saturated carbocycles. The van der Waals surface area contributed by atoms with E-state index in [2.05, 4.69) is 4.72 Å². The van der Waals surface area contributed by atoms with Crippen LogP contribution in [-0.2, 0) is 14.8 Å². The van der Waals surface area contributed by atoms with Crippen LogP contribution in [0.2, 0.25) is 0 Å². The van der Waals surface area contributed by atoms with Gasteiger partial charge >= 0.3 is 0 Å². The van der Waals surface area contributed by atoms with Crippen molar-refractivity contribution in [2.24, 2.45) is 5.92 Å². The summed E-state index contributed by atoms with van der Waals surface area (Å²) in [7, 11) is -3.33. The average Bonchev–Trinajstić information content (AvgIpc) is 3.52. The van der Waals surface area contributed by atoms with Crippen LogP contribution in [0.1, 0.15) is 37.2 Å². The molecule has 166 valence electrons. The number of likely N-dealkylation sites (tertiary alicyclic amines) is 1. The Morgan fingerprint density at radius 3 is 2.52 bits per heavy atom. The lowest BCUT2D eigenvalue weighted by molar-refractivity contribution is -0.136. The van der Waals surface area contributed by atoms with Crippen LogP contribution in [0.3, 0.4) is 0 Å². The molecule has 1 aliphatic carbocycles. The van der Waals surface area contributed by atoms with Gasteiger partial charge in [-0.15, -0.1) is 0 Å². The van der Waals surface area contributed by atoms with Crippen molar-refractivity contribution in [2.75, 3.05) is 19.3 Å². The molecular formula is C23H26F2N2O3S. The number of carbonyl (C=O) groups excluding carboxylic acids is 1. The zero-order valence-electron chi connectivity index (χ0n) is 17.4. The first kappa shape index (κ1) is 21.9. The van der Waals surface area contributed by atoms with E-state index < -0.39 is 21.7 Å². The summed E-state index contributed by atoms with van der Waals surface area (Å²) in [5.41, 5.74) is 1.18. The molecule has 1 N–H and O–H groups in total. The topological polar surface area (TPSA) is 66.5 Å². The van der Waals surface area contributed by atoms with E-state index in [-0.39, 0.29) is 35.9 Å². The quantitative estimate of drug-likeness (QED) is 0.733. The second kappa shape index (κ2) is 8.67. The predicted octanol–water partition coefficient (Wildman–Crippen LogP) is 3.67. The lowest BCUT2D eigenvalue weighted by Gasteiger charge is -2.36. The van der Waals surface area contributed by atoms with Gasteiger partial charge in [0.2, 0.25) is 15.9 Å². The summed E-state index contributed by atoms with van der Waals surface area (Å²) in [6.45, 7) is 0.806. The summed E-state index contributed by atoms with van der Waals surface area (Å²) in [6, 6.07) is 10.7. The zero-order valence-corrected chi connectivity index (χ0v) is 18.2. The standard InChI is InChI=1S/C23H26F2N2O3S/c1-31(29,30)26-14-15-7-4-5-12-27(15)23(28)19-13-18(19)16-8-2-3-9-17(16)22-20(24)10-6-11-21(22)25/h2-3,6,8-11,15,18-19,26H,4-5,7,12-14H2,1H3/t15-,18-,19+/m0/s1. The summed E-state index contributed by atoms with van der Waals surface area (Å²) in [5, 5.41) is 0. The first-order chi connectivity index (χ1) is 14.8. The van der Waals surface area contributed by atoms with Gasteiger partial charge in [-0.25, -0.2) is 21.9 Å². The summed E-state index contributed by atoms with van der Waals surface area (Å²) in [4.78, 5) is 15.1. The van der Waals surface area contributed by atoms with Crippen LogP contribution in [0.5, 0.6) is 0 Å². The lowest BCUT2D eigenvalue weighted by Crippen LogP contribution is -2.49. The highest BCUT2D eigenvalue weighted by Crippen LogP contribution is 2.52. The summed E-state index contributed by atoms with van der Waals surface area (Å²) < 4.78 is 54.3. The van der Waals surface area contributed by atoms with Crippen molar-refractivity contribution in [3.8, 4) is 11.1 Å². The van der Waals surface area contributed by atoms with Gasteiger partial charge in [-0.05, 0) is 54.9 Å². The first-order valence-electron chi connectivity index (χ1n) is 10.5. The number of carbonyl (C=O) groups is 1. The Bertz CT molecular complexity index is 1070. The Hall–Kier alpha value is -2.32. The molecular weight excluding hydrogens is 422 g/mol. The minimum Gasteiger partial charge on any atom is -0.338 e. The number of hydrogen-bond donors (Lipinski definition) is 1. The molecule has 2 aromatic carbocycles. The van der Waals surface area contributed by atoms with E-state index in [1.165, 1.54) is 18.2 Å². The van der Waals surface area contributed by atoms with Gasteiger partial charge in [0.25, 0.3) is 0 Å². The van der Waals surface area contributed by atoms with Gasteiger partial charge < -0.3 is 4.90 Å². The van der Waals surface area contributed by atoms with Crippen LogP contribution in [0.25, 0.3) is 11.1 Å². The highest BCUT2D eigenvalue weighted by Gasteiger charge is 2.48. The van der Waals surface area contributed by atoms with E-state index in [0.717, 1.165) is 31.1 Å². The van der Waals surface area contributed by atoms with Crippen molar-refractivity contribution in [2.45, 2.75) is 37.6 Å². The van der Waals surface area contributed by atoms with Crippen LogP contribution in [0, 0.1) is 17.6 Å². The van der Waals surface area contributed by atoms with E-state index in [1.54, 1.807) is 17.0 Å². The molecule has 0 radical (unpaired) electrons. The molecule has 31 heavy (non-hydrogen) atoms. The highest BCUT2D eigenvalue weighted by atomic mass is 32.2. The van der Waals surface area contributed by atoms with E-state index in [4.69, 9.17) is 0 Å². The number of rotatable bonds is 6. The molecule has 3 atom stereocenters. The lowest BCUT2D eigenvalue weighted by atomic mass is 9.94. The Kier molecular flexibility index (Phi) is 6.12. The van der Waals surface area contributed by atoms with Crippen molar-refractivity contribution < 1.29 is 22.0 Å². The second-order valence-corrected chi connectivity index (χ2v) is 10.3. The molecule has 0 unspecified atom stereocenters. The number of nitrogens with zero attached hydrogens (tertiary/aromatic N) is 1. The van der Waals surface area contributed by atoms with E-state index in [9.17, 15) is 22.0 Å². The normalized spacial score (nSPS) is 23.6. The number of nitrogens with one attached hydrogen (secondary N) is 1.